The number of nitrogens with one attached hydrogen (secondary N) is 1. The number of ether oxygens (including phenoxy) is 1. The first-order valence-corrected chi connectivity index (χ1v) is 24.2. The average Bonchev–Trinajstić information content (AvgIpc) is 3.22. The molecule has 0 fully saturated rings. The summed E-state index contributed by atoms with van der Waals surface area (Å²) in [5.74, 6) is -0.546. The zero-order chi connectivity index (χ0) is 42.4. The van der Waals surface area contributed by atoms with Crippen LogP contribution < -0.4 is 5.32 Å². The first kappa shape index (κ1) is 55.3. The fourth-order valence-electron chi connectivity index (χ4n) is 6.87. The monoisotopic (exact) mass is 810 g/mol. The lowest BCUT2D eigenvalue weighted by Crippen LogP contribution is -2.46. The molecule has 0 aromatic carbocycles. The van der Waals surface area contributed by atoms with Crippen molar-refractivity contribution in [3.8, 4) is 0 Å². The van der Waals surface area contributed by atoms with Crippen molar-refractivity contribution in [1.29, 1.82) is 0 Å². The van der Waals surface area contributed by atoms with Crippen molar-refractivity contribution < 1.29 is 24.5 Å². The molecule has 0 aliphatic carbocycles. The number of amides is 1. The van der Waals surface area contributed by atoms with E-state index in [0.717, 1.165) is 89.9 Å². The van der Waals surface area contributed by atoms with E-state index in [2.05, 4.69) is 99.0 Å². The van der Waals surface area contributed by atoms with Crippen LogP contribution in [0.1, 0.15) is 220 Å². The van der Waals surface area contributed by atoms with Crippen LogP contribution >= 0.6 is 0 Å². The molecule has 0 aromatic rings. The maximum atomic E-state index is 13.1. The Hall–Kier alpha value is -2.70. The second-order valence-electron chi connectivity index (χ2n) is 16.1. The second-order valence-corrected chi connectivity index (χ2v) is 16.1. The van der Waals surface area contributed by atoms with E-state index >= 15 is 0 Å². The Morgan fingerprint density at radius 1 is 0.517 bits per heavy atom. The topological polar surface area (TPSA) is 95.9 Å². The van der Waals surface area contributed by atoms with Crippen LogP contribution in [0.25, 0.3) is 0 Å². The van der Waals surface area contributed by atoms with Crippen molar-refractivity contribution in [3.05, 3.63) is 72.9 Å². The summed E-state index contributed by atoms with van der Waals surface area (Å²) in [4.78, 5) is 26.0. The Labute approximate surface area is 358 Å². The van der Waals surface area contributed by atoms with E-state index in [1.54, 1.807) is 0 Å². The second kappa shape index (κ2) is 45.4. The van der Waals surface area contributed by atoms with Gasteiger partial charge in [-0.25, -0.2) is 0 Å². The molecule has 0 rings (SSSR count). The molecule has 0 aliphatic heterocycles. The minimum absolute atomic E-state index is 0.0326. The van der Waals surface area contributed by atoms with Gasteiger partial charge in [-0.1, -0.05) is 190 Å². The van der Waals surface area contributed by atoms with Gasteiger partial charge < -0.3 is 20.3 Å². The van der Waals surface area contributed by atoms with Gasteiger partial charge in [-0.15, -0.1) is 0 Å². The molecule has 3 atom stereocenters. The van der Waals surface area contributed by atoms with E-state index in [0.29, 0.717) is 19.3 Å². The minimum atomic E-state index is -0.804. The zero-order valence-electron chi connectivity index (χ0n) is 37.9. The van der Waals surface area contributed by atoms with E-state index in [1.807, 2.05) is 0 Å². The SMILES string of the molecule is CC/C=C\C/C=C\C/C=C\C/C=C\C/C=C\CCCC(CC(=O)NC(CO)C(O)CCCCCCCCCCCC)OC(=O)CCCCCCC/C=C\CCCCC. The first-order chi connectivity index (χ1) is 28.5. The summed E-state index contributed by atoms with van der Waals surface area (Å²) in [5, 5.41) is 23.6. The lowest BCUT2D eigenvalue weighted by atomic mass is 10.0. The molecule has 3 unspecified atom stereocenters. The standard InChI is InChI=1S/C52H91NO5/c1-4-7-10-13-16-19-22-24-25-26-27-28-29-31-34-37-40-43-48(58-52(57)45-42-39-36-33-30-23-20-17-14-11-8-5-2)46-51(56)53-49(47-54)50(55)44-41-38-35-32-21-18-15-12-9-6-3/h7,10,16-17,19-20,24-25,27-28,31,34,48-50,54-55H,4-6,8-9,11-15,18,21-23,26,29-30,32-33,35-47H2,1-3H3,(H,53,56)/b10-7-,19-16-,20-17-,25-24-,28-27-,34-31-. The molecule has 58 heavy (non-hydrogen) atoms. The molecule has 0 radical (unpaired) electrons. The highest BCUT2D eigenvalue weighted by Gasteiger charge is 2.24. The van der Waals surface area contributed by atoms with Crippen LogP contribution in [-0.2, 0) is 14.3 Å². The molecule has 334 valence electrons. The number of aliphatic hydroxyl groups is 2. The van der Waals surface area contributed by atoms with E-state index < -0.39 is 18.2 Å². The van der Waals surface area contributed by atoms with Crippen LogP contribution in [0.15, 0.2) is 72.9 Å². The highest BCUT2D eigenvalue weighted by molar-refractivity contribution is 5.77. The zero-order valence-corrected chi connectivity index (χ0v) is 37.9. The smallest absolute Gasteiger partial charge is 0.306 e. The third-order valence-electron chi connectivity index (χ3n) is 10.5. The van der Waals surface area contributed by atoms with Gasteiger partial charge in [0, 0.05) is 6.42 Å². The summed E-state index contributed by atoms with van der Waals surface area (Å²) in [6.07, 6.45) is 56.8. The summed E-state index contributed by atoms with van der Waals surface area (Å²) in [5.41, 5.74) is 0. The van der Waals surface area contributed by atoms with Gasteiger partial charge in [0.05, 0.1) is 25.2 Å². The quantitative estimate of drug-likeness (QED) is 0.0324. The van der Waals surface area contributed by atoms with Gasteiger partial charge in [0.15, 0.2) is 0 Å². The first-order valence-electron chi connectivity index (χ1n) is 24.2. The number of hydrogen-bond acceptors (Lipinski definition) is 5. The molecule has 0 spiro atoms. The molecule has 3 N–H and O–H groups in total. The van der Waals surface area contributed by atoms with Crippen molar-refractivity contribution >= 4 is 11.9 Å². The average molecular weight is 810 g/mol. The molecule has 0 aliphatic rings. The Morgan fingerprint density at radius 2 is 0.948 bits per heavy atom. The highest BCUT2D eigenvalue weighted by Crippen LogP contribution is 2.16. The van der Waals surface area contributed by atoms with Crippen molar-refractivity contribution in [1.82, 2.24) is 5.32 Å². The van der Waals surface area contributed by atoms with E-state index in [1.165, 1.54) is 83.5 Å². The molecule has 6 heteroatoms. The van der Waals surface area contributed by atoms with E-state index in [-0.39, 0.29) is 24.9 Å². The number of aliphatic hydroxyl groups excluding tert-OH is 2. The van der Waals surface area contributed by atoms with Crippen LogP contribution in [0.5, 0.6) is 0 Å². The number of carbonyl (C=O) groups is 2. The fraction of sp³-hybridized carbons (Fsp3) is 0.731. The molecular formula is C52H91NO5. The van der Waals surface area contributed by atoms with Gasteiger partial charge >= 0.3 is 5.97 Å². The van der Waals surface area contributed by atoms with E-state index in [4.69, 9.17) is 4.74 Å². The number of allylic oxidation sites excluding steroid dienone is 12. The fourth-order valence-corrected chi connectivity index (χ4v) is 6.87. The van der Waals surface area contributed by atoms with Crippen molar-refractivity contribution in [2.24, 2.45) is 0 Å². The van der Waals surface area contributed by atoms with Crippen LogP contribution in [0, 0.1) is 0 Å². The number of carbonyl (C=O) groups excluding carboxylic acids is 2. The van der Waals surface area contributed by atoms with Gasteiger partial charge in [0.25, 0.3) is 0 Å². The van der Waals surface area contributed by atoms with Crippen LogP contribution in [0.3, 0.4) is 0 Å². The number of hydrogen-bond donors (Lipinski definition) is 3. The summed E-state index contributed by atoms with van der Waals surface area (Å²) in [6, 6.07) is -0.722. The van der Waals surface area contributed by atoms with Crippen molar-refractivity contribution in [2.75, 3.05) is 6.61 Å². The highest BCUT2D eigenvalue weighted by atomic mass is 16.5. The molecule has 1 amide bonds. The van der Waals surface area contributed by atoms with Crippen LogP contribution in [0.2, 0.25) is 0 Å². The molecular weight excluding hydrogens is 719 g/mol. The van der Waals surface area contributed by atoms with Gasteiger partial charge in [-0.05, 0) is 89.9 Å². The normalized spacial score (nSPS) is 13.9. The number of rotatable bonds is 42. The Kier molecular flexibility index (Phi) is 43.3. The van der Waals surface area contributed by atoms with Gasteiger partial charge in [0.1, 0.15) is 6.10 Å². The maximum absolute atomic E-state index is 13.1. The molecule has 0 saturated carbocycles. The van der Waals surface area contributed by atoms with Gasteiger partial charge in [-0.3, -0.25) is 9.59 Å². The van der Waals surface area contributed by atoms with Gasteiger partial charge in [0.2, 0.25) is 5.91 Å². The maximum Gasteiger partial charge on any atom is 0.306 e. The Bertz CT molecular complexity index is 1090. The predicted molar refractivity (Wildman–Crippen MR) is 250 cm³/mol. The molecule has 6 nitrogen and oxygen atoms in total. The van der Waals surface area contributed by atoms with E-state index in [9.17, 15) is 19.8 Å². The summed E-state index contributed by atoms with van der Waals surface area (Å²) in [6.45, 7) is 6.30. The third-order valence-corrected chi connectivity index (χ3v) is 10.5. The number of esters is 1. The molecule has 0 aromatic heterocycles. The Balaban J connectivity index is 4.74. The van der Waals surface area contributed by atoms with Gasteiger partial charge in [-0.2, -0.15) is 0 Å². The molecule has 0 heterocycles. The predicted octanol–water partition coefficient (Wildman–Crippen LogP) is 14.2. The largest absolute Gasteiger partial charge is 0.462 e. The summed E-state index contributed by atoms with van der Waals surface area (Å²) in [7, 11) is 0. The minimum Gasteiger partial charge on any atom is -0.462 e. The van der Waals surface area contributed by atoms with Crippen molar-refractivity contribution in [2.45, 2.75) is 238 Å². The summed E-state index contributed by atoms with van der Waals surface area (Å²) < 4.78 is 5.88. The van der Waals surface area contributed by atoms with Crippen molar-refractivity contribution in [3.63, 3.8) is 0 Å². The summed E-state index contributed by atoms with van der Waals surface area (Å²) >= 11 is 0. The number of unbranched alkanes of at least 4 members (excludes halogenated alkanes) is 18. The molecule has 0 saturated heterocycles. The van der Waals surface area contributed by atoms with Crippen LogP contribution in [-0.4, -0.2) is 46.9 Å². The van der Waals surface area contributed by atoms with Crippen LogP contribution in [0.4, 0.5) is 0 Å². The third kappa shape index (κ3) is 40.1. The lowest BCUT2D eigenvalue weighted by molar-refractivity contribution is -0.151. The lowest BCUT2D eigenvalue weighted by Gasteiger charge is -2.24. The molecule has 0 bridgehead atoms. The Morgan fingerprint density at radius 3 is 1.50 bits per heavy atom.